The minimum absolute atomic E-state index is 0.0434. The summed E-state index contributed by atoms with van der Waals surface area (Å²) in [4.78, 5) is 37.8. The Morgan fingerprint density at radius 1 is 0.903 bits per heavy atom. The fraction of sp³-hybridized carbons (Fsp3) is 0.375. The maximum atomic E-state index is 13.5. The van der Waals surface area contributed by atoms with E-state index in [2.05, 4.69) is 4.90 Å². The molecule has 0 atom stereocenters. The first-order valence-corrected chi connectivity index (χ1v) is 11.8. The molecule has 2 fully saturated rings. The molecule has 2 aliphatic rings. The van der Waals surface area contributed by atoms with E-state index in [1.54, 1.807) is 11.3 Å². The van der Waals surface area contributed by atoms with Crippen LogP contribution in [0.25, 0.3) is 21.5 Å². The summed E-state index contributed by atoms with van der Waals surface area (Å²) in [5.74, 6) is 0.264. The van der Waals surface area contributed by atoms with Gasteiger partial charge in [-0.15, -0.1) is 11.3 Å². The van der Waals surface area contributed by atoms with E-state index in [0.29, 0.717) is 25.2 Å². The molecule has 1 aromatic carbocycles. The molecule has 5 rings (SSSR count). The summed E-state index contributed by atoms with van der Waals surface area (Å²) >= 11 is 1.63. The van der Waals surface area contributed by atoms with Gasteiger partial charge in [-0.3, -0.25) is 14.5 Å². The fourth-order valence-electron chi connectivity index (χ4n) is 4.44. The predicted molar refractivity (Wildman–Crippen MR) is 123 cm³/mol. The zero-order chi connectivity index (χ0) is 21.2. The maximum absolute atomic E-state index is 13.5. The van der Waals surface area contributed by atoms with Gasteiger partial charge in [0.25, 0.3) is 5.91 Å². The minimum Gasteiger partial charge on any atom is -0.342 e. The Kier molecular flexibility index (Phi) is 5.70. The van der Waals surface area contributed by atoms with Crippen molar-refractivity contribution in [2.75, 3.05) is 45.8 Å². The number of carbonyl (C=O) groups excluding carboxylic acids is 2. The summed E-state index contributed by atoms with van der Waals surface area (Å²) in [6.45, 7) is 4.97. The number of nitrogens with zero attached hydrogens (tertiary/aromatic N) is 4. The Balaban J connectivity index is 1.32. The van der Waals surface area contributed by atoms with Crippen LogP contribution in [0.2, 0.25) is 0 Å². The quantitative estimate of drug-likeness (QED) is 0.632. The molecule has 2 aromatic heterocycles. The Labute approximate surface area is 186 Å². The molecule has 0 radical (unpaired) electrons. The number of pyridine rings is 1. The molecule has 3 aromatic rings. The van der Waals surface area contributed by atoms with Crippen molar-refractivity contribution in [3.8, 4) is 10.6 Å². The van der Waals surface area contributed by atoms with Crippen molar-refractivity contribution in [1.82, 2.24) is 19.7 Å². The molecule has 2 saturated heterocycles. The third kappa shape index (κ3) is 4.20. The van der Waals surface area contributed by atoms with Crippen molar-refractivity contribution in [2.45, 2.75) is 12.8 Å². The van der Waals surface area contributed by atoms with Crippen molar-refractivity contribution in [1.29, 1.82) is 0 Å². The number of rotatable bonds is 4. The fourth-order valence-corrected chi connectivity index (χ4v) is 5.13. The van der Waals surface area contributed by atoms with Crippen LogP contribution < -0.4 is 0 Å². The number of benzene rings is 1. The van der Waals surface area contributed by atoms with Crippen molar-refractivity contribution in [3.05, 3.63) is 53.4 Å². The van der Waals surface area contributed by atoms with Gasteiger partial charge in [0.15, 0.2) is 0 Å². The Hall–Kier alpha value is -2.77. The lowest BCUT2D eigenvalue weighted by molar-refractivity contribution is -0.131. The molecule has 0 aliphatic carbocycles. The summed E-state index contributed by atoms with van der Waals surface area (Å²) in [6.07, 6.45) is 2.22. The van der Waals surface area contributed by atoms with E-state index in [-0.39, 0.29) is 11.8 Å². The van der Waals surface area contributed by atoms with Crippen LogP contribution >= 0.6 is 11.3 Å². The highest BCUT2D eigenvalue weighted by Gasteiger charge is 2.27. The molecule has 31 heavy (non-hydrogen) atoms. The number of aromatic nitrogens is 1. The van der Waals surface area contributed by atoms with Crippen LogP contribution in [-0.2, 0) is 4.79 Å². The first-order valence-electron chi connectivity index (χ1n) is 10.9. The lowest BCUT2D eigenvalue weighted by atomic mass is 10.1. The van der Waals surface area contributed by atoms with Crippen LogP contribution in [0.1, 0.15) is 23.2 Å². The highest BCUT2D eigenvalue weighted by Crippen LogP contribution is 2.28. The van der Waals surface area contributed by atoms with E-state index in [1.807, 2.05) is 57.6 Å². The zero-order valence-corrected chi connectivity index (χ0v) is 18.3. The SMILES string of the molecule is O=C(CN1CCN(C(=O)c2cc(-c3cccs3)nc3ccccc23)CC1)N1CCCC1. The number of likely N-dealkylation sites (tertiary alicyclic amines) is 1. The third-order valence-electron chi connectivity index (χ3n) is 6.20. The molecule has 0 N–H and O–H groups in total. The Bertz CT molecular complexity index is 1080. The van der Waals surface area contributed by atoms with Gasteiger partial charge in [0.2, 0.25) is 5.91 Å². The van der Waals surface area contributed by atoms with Gasteiger partial charge in [0.1, 0.15) is 0 Å². The molecule has 2 aliphatic heterocycles. The van der Waals surface area contributed by atoms with Crippen molar-refractivity contribution >= 4 is 34.1 Å². The summed E-state index contributed by atoms with van der Waals surface area (Å²) in [5, 5.41) is 2.91. The van der Waals surface area contributed by atoms with E-state index in [9.17, 15) is 9.59 Å². The Morgan fingerprint density at radius 3 is 2.42 bits per heavy atom. The number of thiophene rings is 1. The molecule has 4 heterocycles. The van der Waals surface area contributed by atoms with Crippen LogP contribution in [0.3, 0.4) is 0 Å². The second-order valence-electron chi connectivity index (χ2n) is 8.21. The molecule has 2 amide bonds. The molecular weight excluding hydrogens is 408 g/mol. The van der Waals surface area contributed by atoms with E-state index >= 15 is 0 Å². The predicted octanol–water partition coefficient (Wildman–Crippen LogP) is 3.34. The number of fused-ring (bicyclic) bond motifs is 1. The second kappa shape index (κ2) is 8.77. The second-order valence-corrected chi connectivity index (χ2v) is 9.15. The molecule has 7 heteroatoms. The molecule has 0 saturated carbocycles. The molecule has 0 bridgehead atoms. The van der Waals surface area contributed by atoms with Gasteiger partial charge in [-0.2, -0.15) is 0 Å². The van der Waals surface area contributed by atoms with Gasteiger partial charge in [0.05, 0.1) is 28.2 Å². The van der Waals surface area contributed by atoms with Crippen LogP contribution in [0.5, 0.6) is 0 Å². The number of piperazine rings is 1. The number of carbonyl (C=O) groups is 2. The summed E-state index contributed by atoms with van der Waals surface area (Å²) in [6, 6.07) is 13.8. The topological polar surface area (TPSA) is 56.8 Å². The van der Waals surface area contributed by atoms with Crippen molar-refractivity contribution in [3.63, 3.8) is 0 Å². The van der Waals surface area contributed by atoms with Gasteiger partial charge in [-0.05, 0) is 36.4 Å². The summed E-state index contributed by atoms with van der Waals surface area (Å²) in [5.41, 5.74) is 2.38. The van der Waals surface area contributed by atoms with Crippen LogP contribution in [-0.4, -0.2) is 77.3 Å². The maximum Gasteiger partial charge on any atom is 0.254 e. The highest BCUT2D eigenvalue weighted by atomic mass is 32.1. The van der Waals surface area contributed by atoms with Gasteiger partial charge in [0, 0.05) is 44.7 Å². The van der Waals surface area contributed by atoms with Gasteiger partial charge in [-0.1, -0.05) is 24.3 Å². The molecule has 160 valence electrons. The molecule has 0 unspecified atom stereocenters. The van der Waals surface area contributed by atoms with Crippen LogP contribution in [0, 0.1) is 0 Å². The van der Waals surface area contributed by atoms with Gasteiger partial charge in [-0.25, -0.2) is 4.98 Å². The highest BCUT2D eigenvalue weighted by molar-refractivity contribution is 7.13. The lowest BCUT2D eigenvalue weighted by Crippen LogP contribution is -2.51. The standard InChI is InChI=1S/C24H26N4O2S/c29-23(27-9-3-4-10-27)17-26-11-13-28(14-12-26)24(30)19-16-21(22-8-5-15-31-22)25-20-7-2-1-6-18(19)20/h1-2,5-8,15-16H,3-4,9-14,17H2. The largest absolute Gasteiger partial charge is 0.342 e. The third-order valence-corrected chi connectivity index (χ3v) is 7.09. The number of hydrogen-bond acceptors (Lipinski definition) is 5. The first kappa shape index (κ1) is 20.2. The summed E-state index contributed by atoms with van der Waals surface area (Å²) in [7, 11) is 0. The van der Waals surface area contributed by atoms with Crippen LogP contribution in [0.15, 0.2) is 47.8 Å². The number of hydrogen-bond donors (Lipinski definition) is 0. The number of amides is 2. The monoisotopic (exact) mass is 434 g/mol. The van der Waals surface area contributed by atoms with E-state index in [1.165, 1.54) is 0 Å². The van der Waals surface area contributed by atoms with Gasteiger partial charge < -0.3 is 9.80 Å². The molecule has 0 spiro atoms. The zero-order valence-electron chi connectivity index (χ0n) is 17.5. The average Bonchev–Trinajstić information content (AvgIpc) is 3.53. The van der Waals surface area contributed by atoms with Crippen molar-refractivity contribution < 1.29 is 9.59 Å². The first-order chi connectivity index (χ1) is 15.2. The smallest absolute Gasteiger partial charge is 0.254 e. The summed E-state index contributed by atoms with van der Waals surface area (Å²) < 4.78 is 0. The normalized spacial score (nSPS) is 17.4. The minimum atomic E-state index is 0.0434. The van der Waals surface area contributed by atoms with Gasteiger partial charge >= 0.3 is 0 Å². The molecule has 6 nitrogen and oxygen atoms in total. The van der Waals surface area contributed by atoms with E-state index < -0.39 is 0 Å². The average molecular weight is 435 g/mol. The molecular formula is C24H26N4O2S. The Morgan fingerprint density at radius 2 is 1.68 bits per heavy atom. The van der Waals surface area contributed by atoms with Crippen molar-refractivity contribution in [2.24, 2.45) is 0 Å². The lowest BCUT2D eigenvalue weighted by Gasteiger charge is -2.35. The van der Waals surface area contributed by atoms with E-state index in [0.717, 1.165) is 60.5 Å². The van der Waals surface area contributed by atoms with E-state index in [4.69, 9.17) is 4.98 Å². The number of para-hydroxylation sites is 1. The van der Waals surface area contributed by atoms with Crippen LogP contribution in [0.4, 0.5) is 0 Å².